The zero-order valence-corrected chi connectivity index (χ0v) is 7.24. The van der Waals surface area contributed by atoms with Crippen molar-refractivity contribution in [2.45, 2.75) is 13.3 Å². The number of aliphatic hydroxyl groups is 1. The van der Waals surface area contributed by atoms with Crippen LogP contribution in [-0.2, 0) is 0 Å². The van der Waals surface area contributed by atoms with Crippen LogP contribution in [0.1, 0.15) is 16.2 Å². The molecular weight excluding hydrogens is 158 g/mol. The molecule has 0 saturated carbocycles. The summed E-state index contributed by atoms with van der Waals surface area (Å²) in [6, 6.07) is 3.92. The summed E-state index contributed by atoms with van der Waals surface area (Å²) >= 11 is 1.60. The van der Waals surface area contributed by atoms with Crippen molar-refractivity contribution in [2.75, 3.05) is 6.61 Å². The summed E-state index contributed by atoms with van der Waals surface area (Å²) in [4.78, 5) is 2.18. The first kappa shape index (κ1) is 8.43. The molecule has 0 aliphatic rings. The smallest absolute Gasteiger partial charge is 0.0508 e. The van der Waals surface area contributed by atoms with Crippen LogP contribution in [0, 0.1) is 12.3 Å². The Labute approximate surface area is 70.0 Å². The molecule has 0 atom stereocenters. The van der Waals surface area contributed by atoms with E-state index in [0.29, 0.717) is 12.1 Å². The van der Waals surface area contributed by atoms with Crippen LogP contribution in [-0.4, -0.2) is 17.4 Å². The quantitative estimate of drug-likeness (QED) is 0.666. The molecule has 0 bridgehead atoms. The van der Waals surface area contributed by atoms with Gasteiger partial charge in [-0.15, -0.1) is 11.3 Å². The second-order valence-corrected chi connectivity index (χ2v) is 3.65. The van der Waals surface area contributed by atoms with Crippen LogP contribution in [0.3, 0.4) is 0 Å². The lowest BCUT2D eigenvalue weighted by molar-refractivity contribution is 0.307. The van der Waals surface area contributed by atoms with Gasteiger partial charge in [0, 0.05) is 22.8 Å². The normalized spacial score (nSPS) is 10.0. The van der Waals surface area contributed by atoms with Gasteiger partial charge in [0.15, 0.2) is 0 Å². The van der Waals surface area contributed by atoms with Crippen LogP contribution in [0.4, 0.5) is 0 Å². The maximum absolute atomic E-state index is 8.57. The highest BCUT2D eigenvalue weighted by atomic mass is 32.1. The van der Waals surface area contributed by atoms with E-state index in [1.807, 2.05) is 19.1 Å². The van der Waals surface area contributed by atoms with Gasteiger partial charge in [-0.2, -0.15) is 0 Å². The first-order chi connectivity index (χ1) is 5.24. The number of thiophene rings is 1. The van der Waals surface area contributed by atoms with E-state index in [1.54, 1.807) is 11.3 Å². The third kappa shape index (κ3) is 2.13. The molecule has 0 radical (unpaired) electrons. The van der Waals surface area contributed by atoms with Gasteiger partial charge in [-0.05, 0) is 19.1 Å². The van der Waals surface area contributed by atoms with Gasteiger partial charge in [0.1, 0.15) is 0 Å². The van der Waals surface area contributed by atoms with Gasteiger partial charge in [-0.25, -0.2) is 0 Å². The molecule has 3 heteroatoms. The van der Waals surface area contributed by atoms with Crippen LogP contribution < -0.4 is 0 Å². The van der Waals surface area contributed by atoms with Crippen molar-refractivity contribution in [2.24, 2.45) is 0 Å². The molecule has 2 N–H and O–H groups in total. The summed E-state index contributed by atoms with van der Waals surface area (Å²) in [5, 5.41) is 16.1. The molecule has 0 unspecified atom stereocenters. The molecule has 0 aliphatic carbocycles. The fourth-order valence-corrected chi connectivity index (χ4v) is 1.68. The van der Waals surface area contributed by atoms with Gasteiger partial charge in [-0.3, -0.25) is 0 Å². The molecule has 1 aromatic heterocycles. The molecule has 1 aromatic rings. The van der Waals surface area contributed by atoms with Gasteiger partial charge in [-0.1, -0.05) is 0 Å². The minimum Gasteiger partial charge on any atom is -0.396 e. The molecule has 0 aromatic carbocycles. The lowest BCUT2D eigenvalue weighted by Gasteiger charge is -1.95. The van der Waals surface area contributed by atoms with Gasteiger partial charge < -0.3 is 10.5 Å². The Balaban J connectivity index is 2.69. The highest BCUT2D eigenvalue weighted by Gasteiger charge is 2.01. The maximum atomic E-state index is 8.57. The Bertz CT molecular complexity index is 254. The van der Waals surface area contributed by atoms with Gasteiger partial charge >= 0.3 is 0 Å². The van der Waals surface area contributed by atoms with Gasteiger partial charge in [0.05, 0.1) is 5.71 Å². The number of hydrogen-bond acceptors (Lipinski definition) is 3. The Hall–Kier alpha value is -0.670. The van der Waals surface area contributed by atoms with Crippen LogP contribution in [0.2, 0.25) is 0 Å². The van der Waals surface area contributed by atoms with Gasteiger partial charge in [0.2, 0.25) is 0 Å². The van der Waals surface area contributed by atoms with Crippen molar-refractivity contribution in [3.8, 4) is 0 Å². The fourth-order valence-electron chi connectivity index (χ4n) is 0.832. The predicted octanol–water partition coefficient (Wildman–Crippen LogP) is 1.81. The van der Waals surface area contributed by atoms with Crippen molar-refractivity contribution in [3.05, 3.63) is 21.9 Å². The number of nitrogens with one attached hydrogen (secondary N) is 1. The van der Waals surface area contributed by atoms with Crippen molar-refractivity contribution in [1.82, 2.24) is 0 Å². The maximum Gasteiger partial charge on any atom is 0.0508 e. The Morgan fingerprint density at radius 2 is 2.36 bits per heavy atom. The van der Waals surface area contributed by atoms with E-state index in [0.717, 1.165) is 4.88 Å². The molecule has 11 heavy (non-hydrogen) atoms. The first-order valence-corrected chi connectivity index (χ1v) is 4.31. The van der Waals surface area contributed by atoms with Crippen molar-refractivity contribution in [3.63, 3.8) is 0 Å². The molecule has 1 heterocycles. The Kier molecular flexibility index (Phi) is 2.79. The molecular formula is C8H11NOS. The summed E-state index contributed by atoms with van der Waals surface area (Å²) in [6.07, 6.45) is 0.458. The summed E-state index contributed by atoms with van der Waals surface area (Å²) in [5.41, 5.74) is 0.533. The Morgan fingerprint density at radius 1 is 1.64 bits per heavy atom. The van der Waals surface area contributed by atoms with Crippen molar-refractivity contribution < 1.29 is 5.11 Å². The molecule has 0 fully saturated rings. The molecule has 60 valence electrons. The molecule has 1 rings (SSSR count). The third-order valence-electron chi connectivity index (χ3n) is 1.40. The first-order valence-electron chi connectivity index (χ1n) is 3.49. The SMILES string of the molecule is Cc1ccc(C(=N)CCO)s1. The van der Waals surface area contributed by atoms with E-state index < -0.39 is 0 Å². The van der Waals surface area contributed by atoms with Crippen LogP contribution in [0.5, 0.6) is 0 Å². The average Bonchev–Trinajstić information content (AvgIpc) is 2.36. The highest BCUT2D eigenvalue weighted by molar-refractivity contribution is 7.14. The summed E-state index contributed by atoms with van der Waals surface area (Å²) < 4.78 is 0. The topological polar surface area (TPSA) is 44.1 Å². The van der Waals surface area contributed by atoms with Crippen LogP contribution in [0.25, 0.3) is 0 Å². The number of aliphatic hydroxyl groups excluding tert-OH is 1. The van der Waals surface area contributed by atoms with E-state index >= 15 is 0 Å². The lowest BCUT2D eigenvalue weighted by atomic mass is 10.2. The largest absolute Gasteiger partial charge is 0.396 e. The number of rotatable bonds is 3. The molecule has 0 aliphatic heterocycles. The van der Waals surface area contributed by atoms with Crippen LogP contribution in [0.15, 0.2) is 12.1 Å². The fraction of sp³-hybridized carbons (Fsp3) is 0.375. The molecule has 0 spiro atoms. The van der Waals surface area contributed by atoms with Gasteiger partial charge in [0.25, 0.3) is 0 Å². The average molecular weight is 169 g/mol. The van der Waals surface area contributed by atoms with E-state index in [1.165, 1.54) is 4.88 Å². The zero-order chi connectivity index (χ0) is 8.27. The molecule has 0 saturated heterocycles. The summed E-state index contributed by atoms with van der Waals surface area (Å²) in [7, 11) is 0. The second-order valence-electron chi connectivity index (χ2n) is 2.36. The zero-order valence-electron chi connectivity index (χ0n) is 6.42. The summed E-state index contributed by atoms with van der Waals surface area (Å²) in [6.45, 7) is 2.08. The predicted molar refractivity (Wildman–Crippen MR) is 47.6 cm³/mol. The van der Waals surface area contributed by atoms with Crippen LogP contribution >= 0.6 is 11.3 Å². The summed E-state index contributed by atoms with van der Waals surface area (Å²) in [5.74, 6) is 0. The standard InChI is InChI=1S/C8H11NOS/c1-6-2-3-8(11-6)7(9)4-5-10/h2-3,9-10H,4-5H2,1H3. The van der Waals surface area contributed by atoms with E-state index in [9.17, 15) is 0 Å². The minimum atomic E-state index is 0.0653. The van der Waals surface area contributed by atoms with E-state index in [4.69, 9.17) is 10.5 Å². The number of hydrogen-bond donors (Lipinski definition) is 2. The third-order valence-corrected chi connectivity index (χ3v) is 2.46. The molecule has 0 amide bonds. The second kappa shape index (κ2) is 3.64. The lowest BCUT2D eigenvalue weighted by Crippen LogP contribution is -1.98. The molecule has 2 nitrogen and oxygen atoms in total. The van der Waals surface area contributed by atoms with Crippen molar-refractivity contribution >= 4 is 17.0 Å². The van der Waals surface area contributed by atoms with E-state index in [2.05, 4.69) is 0 Å². The number of aryl methyl sites for hydroxylation is 1. The van der Waals surface area contributed by atoms with Crippen molar-refractivity contribution in [1.29, 1.82) is 5.41 Å². The van der Waals surface area contributed by atoms with E-state index in [-0.39, 0.29) is 6.61 Å². The highest BCUT2D eigenvalue weighted by Crippen LogP contribution is 2.16. The monoisotopic (exact) mass is 169 g/mol. The minimum absolute atomic E-state index is 0.0653. The Morgan fingerprint density at radius 3 is 2.82 bits per heavy atom.